The summed E-state index contributed by atoms with van der Waals surface area (Å²) in [4.78, 5) is 12.2. The van der Waals surface area contributed by atoms with Crippen molar-refractivity contribution in [1.82, 2.24) is 5.32 Å². The Labute approximate surface area is 122 Å². The largest absolute Gasteiger partial charge is 0.350 e. The standard InChI is InChI=1S/C17H28N2O/c1-16(2,3)14(18)15(20)19-17(4,5)12-11-13-9-7-6-8-10-13/h6-10,14H,11-12,18H2,1-5H3,(H,19,20)/t14-/m0/s1. The Balaban J connectivity index is 2.55. The van der Waals surface area contributed by atoms with Crippen molar-refractivity contribution < 1.29 is 4.79 Å². The molecule has 0 heterocycles. The molecule has 0 aliphatic heterocycles. The first-order chi connectivity index (χ1) is 9.12. The predicted octanol–water partition coefficient (Wildman–Crippen LogP) is 2.89. The highest BCUT2D eigenvalue weighted by molar-refractivity contribution is 5.82. The molecule has 3 nitrogen and oxygen atoms in total. The van der Waals surface area contributed by atoms with Crippen molar-refractivity contribution in [2.75, 3.05) is 0 Å². The highest BCUT2D eigenvalue weighted by Crippen LogP contribution is 2.19. The summed E-state index contributed by atoms with van der Waals surface area (Å²) in [5.74, 6) is -0.0736. The van der Waals surface area contributed by atoms with Gasteiger partial charge in [0.25, 0.3) is 0 Å². The van der Waals surface area contributed by atoms with E-state index in [1.54, 1.807) is 0 Å². The molecule has 0 bridgehead atoms. The monoisotopic (exact) mass is 276 g/mol. The van der Waals surface area contributed by atoms with Gasteiger partial charge in [0.05, 0.1) is 6.04 Å². The number of aryl methyl sites for hydroxylation is 1. The molecule has 112 valence electrons. The van der Waals surface area contributed by atoms with Gasteiger partial charge in [-0.2, -0.15) is 0 Å². The van der Waals surface area contributed by atoms with Crippen LogP contribution in [0.3, 0.4) is 0 Å². The van der Waals surface area contributed by atoms with Gasteiger partial charge in [0, 0.05) is 5.54 Å². The first-order valence-corrected chi connectivity index (χ1v) is 7.23. The Morgan fingerprint density at radius 3 is 2.20 bits per heavy atom. The van der Waals surface area contributed by atoms with Gasteiger partial charge in [-0.15, -0.1) is 0 Å². The van der Waals surface area contributed by atoms with Crippen LogP contribution in [0.15, 0.2) is 30.3 Å². The lowest BCUT2D eigenvalue weighted by Gasteiger charge is -2.32. The Morgan fingerprint density at radius 2 is 1.70 bits per heavy atom. The van der Waals surface area contributed by atoms with Crippen molar-refractivity contribution in [1.29, 1.82) is 0 Å². The van der Waals surface area contributed by atoms with Crippen molar-refractivity contribution in [3.05, 3.63) is 35.9 Å². The van der Waals surface area contributed by atoms with Crippen molar-refractivity contribution in [2.45, 2.75) is 59.0 Å². The fourth-order valence-electron chi connectivity index (χ4n) is 1.97. The van der Waals surface area contributed by atoms with Gasteiger partial charge in [0.15, 0.2) is 0 Å². The molecule has 1 aromatic carbocycles. The molecule has 3 N–H and O–H groups in total. The number of carbonyl (C=O) groups is 1. The van der Waals surface area contributed by atoms with Crippen LogP contribution in [0.25, 0.3) is 0 Å². The number of carbonyl (C=O) groups excluding carboxylic acids is 1. The van der Waals surface area contributed by atoms with E-state index in [1.807, 2.05) is 52.8 Å². The van der Waals surface area contributed by atoms with Crippen LogP contribution in [-0.2, 0) is 11.2 Å². The molecule has 0 spiro atoms. The topological polar surface area (TPSA) is 55.1 Å². The highest BCUT2D eigenvalue weighted by atomic mass is 16.2. The van der Waals surface area contributed by atoms with Crippen molar-refractivity contribution >= 4 is 5.91 Å². The Kier molecular flexibility index (Phi) is 5.35. The average molecular weight is 276 g/mol. The fraction of sp³-hybridized carbons (Fsp3) is 0.588. The minimum atomic E-state index is -0.487. The zero-order valence-electron chi connectivity index (χ0n) is 13.4. The van der Waals surface area contributed by atoms with E-state index in [4.69, 9.17) is 5.73 Å². The maximum atomic E-state index is 12.2. The Hall–Kier alpha value is -1.35. The van der Waals surface area contributed by atoms with Crippen LogP contribution in [-0.4, -0.2) is 17.5 Å². The molecular formula is C17H28N2O. The summed E-state index contributed by atoms with van der Waals surface area (Å²) >= 11 is 0. The third-order valence-corrected chi connectivity index (χ3v) is 3.56. The van der Waals surface area contributed by atoms with E-state index in [-0.39, 0.29) is 16.9 Å². The molecule has 1 rings (SSSR count). The second-order valence-corrected chi connectivity index (χ2v) is 7.20. The number of nitrogens with two attached hydrogens (primary N) is 1. The summed E-state index contributed by atoms with van der Waals surface area (Å²) in [5, 5.41) is 3.07. The van der Waals surface area contributed by atoms with Crippen molar-refractivity contribution in [2.24, 2.45) is 11.1 Å². The smallest absolute Gasteiger partial charge is 0.237 e. The molecule has 20 heavy (non-hydrogen) atoms. The highest BCUT2D eigenvalue weighted by Gasteiger charge is 2.30. The minimum Gasteiger partial charge on any atom is -0.350 e. The molecule has 0 aliphatic rings. The molecule has 0 saturated carbocycles. The van der Waals surface area contributed by atoms with Crippen LogP contribution in [0, 0.1) is 5.41 Å². The third-order valence-electron chi connectivity index (χ3n) is 3.56. The summed E-state index contributed by atoms with van der Waals surface area (Å²) in [6.07, 6.45) is 1.83. The van der Waals surface area contributed by atoms with Gasteiger partial charge in [-0.25, -0.2) is 0 Å². The van der Waals surface area contributed by atoms with Crippen LogP contribution in [0.2, 0.25) is 0 Å². The second kappa shape index (κ2) is 6.40. The molecule has 0 aromatic heterocycles. The molecular weight excluding hydrogens is 248 g/mol. The van der Waals surface area contributed by atoms with Gasteiger partial charge in [-0.3, -0.25) is 4.79 Å². The molecule has 0 unspecified atom stereocenters. The molecule has 0 aliphatic carbocycles. The van der Waals surface area contributed by atoms with Crippen LogP contribution >= 0.6 is 0 Å². The maximum absolute atomic E-state index is 12.2. The van der Waals surface area contributed by atoms with Crippen molar-refractivity contribution in [3.63, 3.8) is 0 Å². The first kappa shape index (κ1) is 16.7. The first-order valence-electron chi connectivity index (χ1n) is 7.23. The fourth-order valence-corrected chi connectivity index (χ4v) is 1.97. The van der Waals surface area contributed by atoms with E-state index in [0.717, 1.165) is 12.8 Å². The zero-order chi connectivity index (χ0) is 15.4. The second-order valence-electron chi connectivity index (χ2n) is 7.20. The van der Waals surface area contributed by atoms with Gasteiger partial charge in [0.2, 0.25) is 5.91 Å². The Bertz CT molecular complexity index is 432. The average Bonchev–Trinajstić information content (AvgIpc) is 2.35. The van der Waals surface area contributed by atoms with Crippen molar-refractivity contribution in [3.8, 4) is 0 Å². The number of benzene rings is 1. The Morgan fingerprint density at radius 1 is 1.15 bits per heavy atom. The number of hydrogen-bond donors (Lipinski definition) is 2. The third kappa shape index (κ3) is 5.33. The van der Waals surface area contributed by atoms with Gasteiger partial charge in [0.1, 0.15) is 0 Å². The quantitative estimate of drug-likeness (QED) is 0.869. The van der Waals surface area contributed by atoms with Gasteiger partial charge in [-0.05, 0) is 37.7 Å². The lowest BCUT2D eigenvalue weighted by molar-refractivity contribution is -0.126. The summed E-state index contributed by atoms with van der Waals surface area (Å²) in [6.45, 7) is 10.0. The summed E-state index contributed by atoms with van der Waals surface area (Å²) in [5.41, 5.74) is 6.81. The minimum absolute atomic E-state index is 0.0736. The number of amides is 1. The van der Waals surface area contributed by atoms with E-state index in [2.05, 4.69) is 17.4 Å². The van der Waals surface area contributed by atoms with E-state index in [9.17, 15) is 4.79 Å². The molecule has 1 aromatic rings. The van der Waals surface area contributed by atoms with Crippen LogP contribution in [0.4, 0.5) is 0 Å². The number of rotatable bonds is 5. The molecule has 0 radical (unpaired) electrons. The van der Waals surface area contributed by atoms with E-state index in [1.165, 1.54) is 5.56 Å². The number of hydrogen-bond acceptors (Lipinski definition) is 2. The maximum Gasteiger partial charge on any atom is 0.237 e. The number of nitrogens with one attached hydrogen (secondary N) is 1. The zero-order valence-corrected chi connectivity index (χ0v) is 13.4. The molecule has 1 amide bonds. The summed E-state index contributed by atoms with van der Waals surface area (Å²) in [7, 11) is 0. The summed E-state index contributed by atoms with van der Waals surface area (Å²) < 4.78 is 0. The van der Waals surface area contributed by atoms with Crippen LogP contribution in [0.1, 0.15) is 46.6 Å². The van der Waals surface area contributed by atoms with Crippen LogP contribution in [0.5, 0.6) is 0 Å². The van der Waals surface area contributed by atoms with Gasteiger partial charge < -0.3 is 11.1 Å². The molecule has 3 heteroatoms. The van der Waals surface area contributed by atoms with E-state index >= 15 is 0 Å². The lowest BCUT2D eigenvalue weighted by atomic mass is 9.86. The van der Waals surface area contributed by atoms with E-state index in [0.29, 0.717) is 0 Å². The normalized spacial score (nSPS) is 13.9. The van der Waals surface area contributed by atoms with Gasteiger partial charge >= 0.3 is 0 Å². The summed E-state index contributed by atoms with van der Waals surface area (Å²) in [6, 6.07) is 9.82. The van der Waals surface area contributed by atoms with E-state index < -0.39 is 6.04 Å². The lowest BCUT2D eigenvalue weighted by Crippen LogP contribution is -2.54. The molecule has 0 saturated heterocycles. The van der Waals surface area contributed by atoms with Crippen LogP contribution < -0.4 is 11.1 Å². The SMILES string of the molecule is CC(C)(CCc1ccccc1)NC(=O)[C@H](N)C(C)(C)C. The predicted molar refractivity (Wildman–Crippen MR) is 84.4 cm³/mol. The molecule has 1 atom stereocenters. The van der Waals surface area contributed by atoms with Gasteiger partial charge in [-0.1, -0.05) is 51.1 Å². The molecule has 0 fully saturated rings.